The minimum atomic E-state index is -0.526. The van der Waals surface area contributed by atoms with Gasteiger partial charge in [0.1, 0.15) is 5.82 Å². The Labute approximate surface area is 206 Å². The van der Waals surface area contributed by atoms with E-state index >= 15 is 0 Å². The summed E-state index contributed by atoms with van der Waals surface area (Å²) in [6.45, 7) is 0. The van der Waals surface area contributed by atoms with Crippen molar-refractivity contribution in [2.45, 2.75) is 0 Å². The highest BCUT2D eigenvalue weighted by atomic mass is 19.1. The van der Waals surface area contributed by atoms with Crippen molar-refractivity contribution in [3.8, 4) is 0 Å². The number of aromatic nitrogens is 3. The van der Waals surface area contributed by atoms with Gasteiger partial charge in [0.05, 0.1) is 35.2 Å². The van der Waals surface area contributed by atoms with Crippen molar-refractivity contribution < 1.29 is 14.0 Å². The standard InChI is InChI=1S/C27H21FN6O2/c28-20-6-8-24(29)25(12-20)34-26(35)9-7-21-15-33-22(16-32-21)13-23(19-5-2-10-31-14-19)17-3-1-4-18(11-17)27(30)36/h1-16H,29H2,(H2,30,36)(H,34,35)/b9-7+,23-13-. The number of pyridine rings is 1. The van der Waals surface area contributed by atoms with Gasteiger partial charge in [-0.2, -0.15) is 0 Å². The number of hydrogen-bond donors (Lipinski definition) is 3. The predicted octanol–water partition coefficient (Wildman–Crippen LogP) is 3.93. The summed E-state index contributed by atoms with van der Waals surface area (Å²) in [5.41, 5.74) is 15.3. The third-order valence-corrected chi connectivity index (χ3v) is 5.09. The summed E-state index contributed by atoms with van der Waals surface area (Å²) in [5.74, 6) is -1.53. The largest absolute Gasteiger partial charge is 0.397 e. The number of hydrogen-bond acceptors (Lipinski definition) is 6. The number of carbonyl (C=O) groups excluding carboxylic acids is 2. The van der Waals surface area contributed by atoms with Crippen LogP contribution < -0.4 is 16.8 Å². The molecule has 0 aliphatic heterocycles. The lowest BCUT2D eigenvalue weighted by Gasteiger charge is -2.09. The molecule has 178 valence electrons. The van der Waals surface area contributed by atoms with Crippen LogP contribution in [0.4, 0.5) is 15.8 Å². The van der Waals surface area contributed by atoms with Gasteiger partial charge in [0.25, 0.3) is 0 Å². The van der Waals surface area contributed by atoms with Crippen molar-refractivity contribution in [2.75, 3.05) is 11.1 Å². The molecule has 0 saturated heterocycles. The van der Waals surface area contributed by atoms with Gasteiger partial charge in [-0.3, -0.25) is 24.5 Å². The topological polar surface area (TPSA) is 137 Å². The van der Waals surface area contributed by atoms with Gasteiger partial charge in [-0.15, -0.1) is 0 Å². The maximum absolute atomic E-state index is 13.4. The lowest BCUT2D eigenvalue weighted by Crippen LogP contribution is -2.11. The monoisotopic (exact) mass is 480 g/mol. The molecule has 2 heterocycles. The number of nitrogens with one attached hydrogen (secondary N) is 1. The van der Waals surface area contributed by atoms with Crippen LogP contribution in [0.5, 0.6) is 0 Å². The number of benzene rings is 2. The average Bonchev–Trinajstić information content (AvgIpc) is 2.89. The SMILES string of the molecule is NC(=O)c1cccc(/C(=C/c2cnc(/C=C/C(=O)Nc3cc(F)ccc3N)cn2)c2cccnc2)c1. The van der Waals surface area contributed by atoms with Crippen molar-refractivity contribution >= 4 is 40.9 Å². The fourth-order valence-corrected chi connectivity index (χ4v) is 3.32. The zero-order valence-electron chi connectivity index (χ0n) is 18.9. The van der Waals surface area contributed by atoms with Crippen LogP contribution >= 0.6 is 0 Å². The average molecular weight is 481 g/mol. The van der Waals surface area contributed by atoms with Crippen molar-refractivity contribution in [3.05, 3.63) is 119 Å². The number of rotatable bonds is 7. The van der Waals surface area contributed by atoms with Gasteiger partial charge in [0.2, 0.25) is 11.8 Å². The molecule has 4 rings (SSSR count). The van der Waals surface area contributed by atoms with Crippen LogP contribution in [0.2, 0.25) is 0 Å². The summed E-state index contributed by atoms with van der Waals surface area (Å²) in [6.07, 6.45) is 11.0. The Morgan fingerprint density at radius 2 is 1.64 bits per heavy atom. The second-order valence-corrected chi connectivity index (χ2v) is 7.67. The fourth-order valence-electron chi connectivity index (χ4n) is 3.32. The first kappa shape index (κ1) is 24.0. The smallest absolute Gasteiger partial charge is 0.248 e. The second-order valence-electron chi connectivity index (χ2n) is 7.67. The molecule has 2 aromatic heterocycles. The molecule has 0 fully saturated rings. The van der Waals surface area contributed by atoms with E-state index in [2.05, 4.69) is 20.3 Å². The first-order chi connectivity index (χ1) is 17.4. The minimum absolute atomic E-state index is 0.180. The molecule has 36 heavy (non-hydrogen) atoms. The molecule has 5 N–H and O–H groups in total. The summed E-state index contributed by atoms with van der Waals surface area (Å²) in [6, 6.07) is 14.4. The molecule has 4 aromatic rings. The first-order valence-electron chi connectivity index (χ1n) is 10.8. The number of carbonyl (C=O) groups is 2. The molecule has 0 bridgehead atoms. The van der Waals surface area contributed by atoms with Crippen molar-refractivity contribution in [1.82, 2.24) is 15.0 Å². The summed E-state index contributed by atoms with van der Waals surface area (Å²) in [5, 5.41) is 2.52. The maximum atomic E-state index is 13.4. The van der Waals surface area contributed by atoms with Gasteiger partial charge >= 0.3 is 0 Å². The zero-order chi connectivity index (χ0) is 25.5. The van der Waals surface area contributed by atoms with E-state index < -0.39 is 17.6 Å². The molecule has 0 aliphatic rings. The van der Waals surface area contributed by atoms with Crippen LogP contribution in [0, 0.1) is 5.82 Å². The predicted molar refractivity (Wildman–Crippen MR) is 137 cm³/mol. The highest BCUT2D eigenvalue weighted by Gasteiger charge is 2.10. The molecule has 0 radical (unpaired) electrons. The number of halogens is 1. The van der Waals surface area contributed by atoms with Crippen LogP contribution in [-0.2, 0) is 4.79 Å². The molecule has 9 heteroatoms. The molecule has 0 unspecified atom stereocenters. The normalized spacial score (nSPS) is 11.4. The summed E-state index contributed by atoms with van der Waals surface area (Å²) in [4.78, 5) is 36.8. The molecule has 0 spiro atoms. The molecule has 2 aromatic carbocycles. The number of nitrogens with two attached hydrogens (primary N) is 2. The molecule has 8 nitrogen and oxygen atoms in total. The third kappa shape index (κ3) is 6.03. The molecular formula is C27H21FN6O2. The number of amides is 2. The number of nitrogen functional groups attached to an aromatic ring is 1. The Hall–Kier alpha value is -5.18. The number of nitrogens with zero attached hydrogens (tertiary/aromatic N) is 3. The summed E-state index contributed by atoms with van der Waals surface area (Å²) in [7, 11) is 0. The van der Waals surface area contributed by atoms with E-state index in [1.54, 1.807) is 36.8 Å². The molecular weight excluding hydrogens is 459 g/mol. The van der Waals surface area contributed by atoms with E-state index in [0.717, 1.165) is 22.8 Å². The highest BCUT2D eigenvalue weighted by Crippen LogP contribution is 2.26. The van der Waals surface area contributed by atoms with Gasteiger partial charge < -0.3 is 16.8 Å². The van der Waals surface area contributed by atoms with E-state index in [1.165, 1.54) is 30.5 Å². The quantitative estimate of drug-likeness (QED) is 0.271. The fraction of sp³-hybridized carbons (Fsp3) is 0. The third-order valence-electron chi connectivity index (χ3n) is 5.09. The van der Waals surface area contributed by atoms with Gasteiger partial charge in [-0.25, -0.2) is 4.39 Å². The summed E-state index contributed by atoms with van der Waals surface area (Å²) < 4.78 is 13.4. The van der Waals surface area contributed by atoms with Crippen LogP contribution in [0.3, 0.4) is 0 Å². The van der Waals surface area contributed by atoms with Crippen molar-refractivity contribution in [2.24, 2.45) is 5.73 Å². The van der Waals surface area contributed by atoms with Gasteiger partial charge in [0.15, 0.2) is 0 Å². The van der Waals surface area contributed by atoms with Gasteiger partial charge in [-0.1, -0.05) is 18.2 Å². The van der Waals surface area contributed by atoms with Crippen LogP contribution in [0.25, 0.3) is 17.7 Å². The number of primary amides is 1. The van der Waals surface area contributed by atoms with Crippen LogP contribution in [0.1, 0.15) is 32.9 Å². The summed E-state index contributed by atoms with van der Waals surface area (Å²) >= 11 is 0. The van der Waals surface area contributed by atoms with E-state index in [0.29, 0.717) is 17.0 Å². The van der Waals surface area contributed by atoms with Crippen LogP contribution in [0.15, 0.2) is 85.5 Å². The Morgan fingerprint density at radius 3 is 2.36 bits per heavy atom. The highest BCUT2D eigenvalue weighted by molar-refractivity contribution is 6.03. The van der Waals surface area contributed by atoms with Gasteiger partial charge in [0, 0.05) is 29.6 Å². The molecule has 0 atom stereocenters. The van der Waals surface area contributed by atoms with E-state index in [1.807, 2.05) is 24.3 Å². The molecule has 0 aliphatic carbocycles. The number of anilines is 2. The van der Waals surface area contributed by atoms with E-state index in [9.17, 15) is 14.0 Å². The zero-order valence-corrected chi connectivity index (χ0v) is 18.9. The van der Waals surface area contributed by atoms with E-state index in [-0.39, 0.29) is 11.4 Å². The molecule has 0 saturated carbocycles. The van der Waals surface area contributed by atoms with Crippen LogP contribution in [-0.4, -0.2) is 26.8 Å². The van der Waals surface area contributed by atoms with Gasteiger partial charge in [-0.05, 0) is 59.7 Å². The van der Waals surface area contributed by atoms with Crippen molar-refractivity contribution in [1.29, 1.82) is 0 Å². The Morgan fingerprint density at radius 1 is 0.889 bits per heavy atom. The van der Waals surface area contributed by atoms with Crippen molar-refractivity contribution in [3.63, 3.8) is 0 Å². The Kier molecular flexibility index (Phi) is 7.21. The Balaban J connectivity index is 1.56. The first-order valence-corrected chi connectivity index (χ1v) is 10.8. The molecule has 2 amide bonds. The lowest BCUT2D eigenvalue weighted by atomic mass is 9.96. The Bertz CT molecular complexity index is 1470. The van der Waals surface area contributed by atoms with E-state index in [4.69, 9.17) is 11.5 Å². The second kappa shape index (κ2) is 10.8. The lowest BCUT2D eigenvalue weighted by molar-refractivity contribution is -0.111. The maximum Gasteiger partial charge on any atom is 0.248 e. The minimum Gasteiger partial charge on any atom is -0.397 e.